The van der Waals surface area contributed by atoms with Gasteiger partial charge in [0.05, 0.1) is 23.6 Å². The number of methoxy groups -OCH3 is 1. The largest absolute Gasteiger partial charge is 0.493 e. The predicted molar refractivity (Wildman–Crippen MR) is 72.8 cm³/mol. The molecule has 1 aromatic carbocycles. The molecule has 0 atom stereocenters. The summed E-state index contributed by atoms with van der Waals surface area (Å²) in [5, 5.41) is 0.854. The third-order valence-electron chi connectivity index (χ3n) is 3.06. The first-order chi connectivity index (χ1) is 9.19. The van der Waals surface area contributed by atoms with E-state index in [-0.39, 0.29) is 0 Å². The monoisotopic (exact) mass is 275 g/mol. The van der Waals surface area contributed by atoms with Crippen molar-refractivity contribution in [1.29, 1.82) is 0 Å². The van der Waals surface area contributed by atoms with E-state index in [0.29, 0.717) is 5.69 Å². The van der Waals surface area contributed by atoms with Gasteiger partial charge in [0.2, 0.25) is 0 Å². The average Bonchev–Trinajstić information content (AvgIpc) is 3.02. The minimum Gasteiger partial charge on any atom is -0.493 e. The molecule has 1 aromatic heterocycles. The maximum absolute atomic E-state index is 11.8. The number of hydrogen-bond acceptors (Lipinski definition) is 5. The number of rotatable bonds is 2. The summed E-state index contributed by atoms with van der Waals surface area (Å²) in [7, 11) is 1.37. The van der Waals surface area contributed by atoms with Crippen molar-refractivity contribution in [3.8, 4) is 16.2 Å². The van der Waals surface area contributed by atoms with Gasteiger partial charge < -0.3 is 9.47 Å². The van der Waals surface area contributed by atoms with Gasteiger partial charge in [0, 0.05) is 6.42 Å². The molecule has 2 heterocycles. The van der Waals surface area contributed by atoms with Crippen molar-refractivity contribution in [2.24, 2.45) is 0 Å². The number of benzene rings is 1. The van der Waals surface area contributed by atoms with Gasteiger partial charge in [-0.05, 0) is 36.2 Å². The predicted octanol–water partition coefficient (Wildman–Crippen LogP) is 2.84. The summed E-state index contributed by atoms with van der Waals surface area (Å²) in [6, 6.07) is 5.99. The Morgan fingerprint density at radius 2 is 2.32 bits per heavy atom. The molecule has 0 bridgehead atoms. The third kappa shape index (κ3) is 2.10. The molecule has 0 saturated carbocycles. The van der Waals surface area contributed by atoms with Gasteiger partial charge in [-0.3, -0.25) is 0 Å². The van der Waals surface area contributed by atoms with Crippen molar-refractivity contribution < 1.29 is 14.3 Å². The van der Waals surface area contributed by atoms with Crippen molar-refractivity contribution in [2.75, 3.05) is 13.7 Å². The highest BCUT2D eigenvalue weighted by molar-refractivity contribution is 7.15. The van der Waals surface area contributed by atoms with Gasteiger partial charge in [0.1, 0.15) is 5.75 Å². The Kier molecular flexibility index (Phi) is 2.98. The van der Waals surface area contributed by atoms with E-state index >= 15 is 0 Å². The SMILES string of the molecule is COC(=O)c1nc(C)sc1-c1ccc2c(c1)CCO2. The highest BCUT2D eigenvalue weighted by Gasteiger charge is 2.20. The lowest BCUT2D eigenvalue weighted by atomic mass is 10.1. The number of nitrogens with zero attached hydrogens (tertiary/aromatic N) is 1. The quantitative estimate of drug-likeness (QED) is 0.791. The number of aryl methyl sites for hydroxylation is 1. The van der Waals surface area contributed by atoms with Crippen LogP contribution in [0.2, 0.25) is 0 Å². The maximum atomic E-state index is 11.8. The lowest BCUT2D eigenvalue weighted by Crippen LogP contribution is -2.03. The van der Waals surface area contributed by atoms with E-state index in [4.69, 9.17) is 9.47 Å². The molecule has 5 heteroatoms. The van der Waals surface area contributed by atoms with Crippen LogP contribution in [0.5, 0.6) is 5.75 Å². The summed E-state index contributed by atoms with van der Waals surface area (Å²) < 4.78 is 10.3. The number of carbonyl (C=O) groups is 1. The molecular weight excluding hydrogens is 262 g/mol. The molecule has 2 aromatic rings. The van der Waals surface area contributed by atoms with Crippen molar-refractivity contribution in [2.45, 2.75) is 13.3 Å². The minimum absolute atomic E-state index is 0.392. The van der Waals surface area contributed by atoms with E-state index in [1.165, 1.54) is 24.0 Å². The second kappa shape index (κ2) is 4.66. The Morgan fingerprint density at radius 1 is 1.47 bits per heavy atom. The second-order valence-corrected chi connectivity index (χ2v) is 5.53. The van der Waals surface area contributed by atoms with E-state index in [0.717, 1.165) is 34.2 Å². The van der Waals surface area contributed by atoms with E-state index in [2.05, 4.69) is 11.1 Å². The number of thiazole rings is 1. The van der Waals surface area contributed by atoms with Crippen LogP contribution in [-0.4, -0.2) is 24.7 Å². The smallest absolute Gasteiger partial charge is 0.358 e. The first kappa shape index (κ1) is 12.2. The topological polar surface area (TPSA) is 48.4 Å². The highest BCUT2D eigenvalue weighted by Crippen LogP contribution is 2.35. The van der Waals surface area contributed by atoms with Crippen LogP contribution in [0.3, 0.4) is 0 Å². The van der Waals surface area contributed by atoms with E-state index in [1.807, 2.05) is 19.1 Å². The van der Waals surface area contributed by atoms with Gasteiger partial charge in [-0.1, -0.05) is 0 Å². The number of hydrogen-bond donors (Lipinski definition) is 0. The highest BCUT2D eigenvalue weighted by atomic mass is 32.1. The number of esters is 1. The van der Waals surface area contributed by atoms with E-state index in [1.54, 1.807) is 0 Å². The van der Waals surface area contributed by atoms with E-state index in [9.17, 15) is 4.79 Å². The summed E-state index contributed by atoms with van der Waals surface area (Å²) in [6.45, 7) is 2.61. The zero-order valence-corrected chi connectivity index (χ0v) is 11.5. The molecule has 0 fully saturated rings. The van der Waals surface area contributed by atoms with Gasteiger partial charge >= 0.3 is 5.97 Å². The Labute approximate surface area is 115 Å². The molecular formula is C14H13NO3S. The Morgan fingerprint density at radius 3 is 3.11 bits per heavy atom. The minimum atomic E-state index is -0.393. The van der Waals surface area contributed by atoms with Gasteiger partial charge in [-0.25, -0.2) is 9.78 Å². The lowest BCUT2D eigenvalue weighted by Gasteiger charge is -2.03. The van der Waals surface area contributed by atoms with Crippen LogP contribution in [-0.2, 0) is 11.2 Å². The zero-order chi connectivity index (χ0) is 13.4. The first-order valence-electron chi connectivity index (χ1n) is 6.01. The third-order valence-corrected chi connectivity index (χ3v) is 4.08. The molecule has 0 N–H and O–H groups in total. The number of fused-ring (bicyclic) bond motifs is 1. The summed E-state index contributed by atoms with van der Waals surface area (Å²) in [5.74, 6) is 0.542. The lowest BCUT2D eigenvalue weighted by molar-refractivity contribution is 0.0595. The molecule has 3 rings (SSSR count). The molecule has 0 radical (unpaired) electrons. The van der Waals surface area contributed by atoms with Crippen LogP contribution in [0, 0.1) is 6.92 Å². The van der Waals surface area contributed by atoms with Gasteiger partial charge in [0.15, 0.2) is 5.69 Å². The van der Waals surface area contributed by atoms with Crippen LogP contribution in [0.25, 0.3) is 10.4 Å². The summed E-state index contributed by atoms with van der Waals surface area (Å²) in [4.78, 5) is 16.9. The Hall–Kier alpha value is -1.88. The van der Waals surface area contributed by atoms with Crippen LogP contribution in [0.4, 0.5) is 0 Å². The number of ether oxygens (including phenoxy) is 2. The van der Waals surface area contributed by atoms with E-state index < -0.39 is 5.97 Å². The molecule has 19 heavy (non-hydrogen) atoms. The molecule has 1 aliphatic heterocycles. The van der Waals surface area contributed by atoms with Crippen LogP contribution in [0.1, 0.15) is 21.1 Å². The first-order valence-corrected chi connectivity index (χ1v) is 6.82. The molecule has 1 aliphatic rings. The summed E-state index contributed by atoms with van der Waals surface area (Å²) in [6.07, 6.45) is 0.911. The number of carbonyl (C=O) groups excluding carboxylic acids is 1. The second-order valence-electron chi connectivity index (χ2n) is 4.32. The molecule has 0 amide bonds. The van der Waals surface area contributed by atoms with Crippen molar-refractivity contribution >= 4 is 17.3 Å². The zero-order valence-electron chi connectivity index (χ0n) is 10.7. The van der Waals surface area contributed by atoms with Gasteiger partial charge in [0.25, 0.3) is 0 Å². The molecule has 0 aliphatic carbocycles. The van der Waals surface area contributed by atoms with Crippen LogP contribution < -0.4 is 4.74 Å². The van der Waals surface area contributed by atoms with Crippen molar-refractivity contribution in [1.82, 2.24) is 4.98 Å². The average molecular weight is 275 g/mol. The Balaban J connectivity index is 2.09. The van der Waals surface area contributed by atoms with Gasteiger partial charge in [-0.2, -0.15) is 0 Å². The van der Waals surface area contributed by atoms with Crippen molar-refractivity contribution in [3.63, 3.8) is 0 Å². The van der Waals surface area contributed by atoms with Crippen LogP contribution >= 0.6 is 11.3 Å². The molecule has 0 saturated heterocycles. The standard InChI is InChI=1S/C14H13NO3S/c1-8-15-12(14(16)17-2)13(19-8)10-3-4-11-9(7-10)5-6-18-11/h3-4,7H,5-6H2,1-2H3. The van der Waals surface area contributed by atoms with Crippen LogP contribution in [0.15, 0.2) is 18.2 Å². The normalized spacial score (nSPS) is 12.9. The molecule has 98 valence electrons. The fourth-order valence-corrected chi connectivity index (χ4v) is 3.09. The summed E-state index contributed by atoms with van der Waals surface area (Å²) >= 11 is 1.50. The Bertz CT molecular complexity index is 648. The molecule has 0 unspecified atom stereocenters. The fraction of sp³-hybridized carbons (Fsp3) is 0.286. The number of aromatic nitrogens is 1. The summed E-state index contributed by atoms with van der Waals surface area (Å²) in [5.41, 5.74) is 2.57. The fourth-order valence-electron chi connectivity index (χ4n) is 2.19. The molecule has 4 nitrogen and oxygen atoms in total. The molecule has 0 spiro atoms. The van der Waals surface area contributed by atoms with Gasteiger partial charge in [-0.15, -0.1) is 11.3 Å². The maximum Gasteiger partial charge on any atom is 0.358 e. The van der Waals surface area contributed by atoms with Crippen molar-refractivity contribution in [3.05, 3.63) is 34.5 Å².